The molecule has 182 valence electrons. The molecule has 1 aliphatic heterocycles. The molecule has 4 aromatic rings. The third kappa shape index (κ3) is 5.33. The van der Waals surface area contributed by atoms with Gasteiger partial charge in [-0.1, -0.05) is 30.2 Å². The summed E-state index contributed by atoms with van der Waals surface area (Å²) in [7, 11) is 2.17. The Morgan fingerprint density at radius 3 is 2.67 bits per heavy atom. The van der Waals surface area contributed by atoms with Gasteiger partial charge in [-0.15, -0.1) is 0 Å². The zero-order valence-corrected chi connectivity index (χ0v) is 20.7. The van der Waals surface area contributed by atoms with Crippen molar-refractivity contribution in [2.75, 3.05) is 33.2 Å². The first-order valence-corrected chi connectivity index (χ1v) is 12.3. The highest BCUT2D eigenvalue weighted by molar-refractivity contribution is 5.98. The molecule has 0 spiro atoms. The van der Waals surface area contributed by atoms with E-state index < -0.39 is 0 Å². The molecule has 36 heavy (non-hydrogen) atoms. The van der Waals surface area contributed by atoms with Crippen LogP contribution in [0.4, 0.5) is 0 Å². The molecule has 1 aliphatic rings. The molecule has 1 saturated heterocycles. The summed E-state index contributed by atoms with van der Waals surface area (Å²) in [5, 5.41) is 10.3. The SMILES string of the molecule is Cc1cc(CC(=O)c2ccc(O)c(C#Cc3cnc4ccccn34)c2)ccc1CN1CCN(C)CC1. The van der Waals surface area contributed by atoms with Crippen LogP contribution in [0, 0.1) is 18.8 Å². The monoisotopic (exact) mass is 478 g/mol. The maximum Gasteiger partial charge on any atom is 0.167 e. The minimum absolute atomic E-state index is 0.000861. The number of phenolic OH excluding ortho intramolecular Hbond substituents is 1. The van der Waals surface area contributed by atoms with Crippen LogP contribution in [0.3, 0.4) is 0 Å². The summed E-state index contributed by atoms with van der Waals surface area (Å²) >= 11 is 0. The van der Waals surface area contributed by atoms with Crippen LogP contribution < -0.4 is 0 Å². The number of piperazine rings is 1. The second-order valence-corrected chi connectivity index (χ2v) is 9.49. The van der Waals surface area contributed by atoms with Crippen LogP contribution in [0.5, 0.6) is 5.75 Å². The lowest BCUT2D eigenvalue weighted by atomic mass is 9.97. The van der Waals surface area contributed by atoms with Gasteiger partial charge in [0, 0.05) is 50.9 Å². The van der Waals surface area contributed by atoms with Crippen molar-refractivity contribution in [3.05, 3.63) is 101 Å². The van der Waals surface area contributed by atoms with Gasteiger partial charge in [-0.05, 0) is 66.9 Å². The van der Waals surface area contributed by atoms with Gasteiger partial charge in [0.25, 0.3) is 0 Å². The predicted molar refractivity (Wildman–Crippen MR) is 141 cm³/mol. The number of likely N-dealkylation sites (N-methyl/N-ethyl adjacent to an activating group) is 1. The van der Waals surface area contributed by atoms with E-state index in [1.807, 2.05) is 28.8 Å². The van der Waals surface area contributed by atoms with Crippen LogP contribution in [0.25, 0.3) is 5.65 Å². The summed E-state index contributed by atoms with van der Waals surface area (Å²) in [5.41, 5.74) is 5.99. The summed E-state index contributed by atoms with van der Waals surface area (Å²) in [6.45, 7) is 7.43. The van der Waals surface area contributed by atoms with Gasteiger partial charge in [0.2, 0.25) is 0 Å². The average molecular weight is 479 g/mol. The van der Waals surface area contributed by atoms with Crippen molar-refractivity contribution in [3.63, 3.8) is 0 Å². The minimum Gasteiger partial charge on any atom is -0.507 e. The largest absolute Gasteiger partial charge is 0.507 e. The van der Waals surface area contributed by atoms with E-state index in [2.05, 4.69) is 58.8 Å². The fourth-order valence-corrected chi connectivity index (χ4v) is 4.55. The summed E-state index contributed by atoms with van der Waals surface area (Å²) in [6, 6.07) is 16.9. The number of ketones is 1. The van der Waals surface area contributed by atoms with E-state index in [0.717, 1.165) is 43.9 Å². The highest BCUT2D eigenvalue weighted by Crippen LogP contribution is 2.21. The van der Waals surface area contributed by atoms with Gasteiger partial charge in [-0.2, -0.15) is 0 Å². The lowest BCUT2D eigenvalue weighted by Crippen LogP contribution is -2.43. The number of hydrogen-bond donors (Lipinski definition) is 1. The van der Waals surface area contributed by atoms with Crippen LogP contribution in [0.2, 0.25) is 0 Å². The first-order chi connectivity index (χ1) is 17.5. The van der Waals surface area contributed by atoms with E-state index in [-0.39, 0.29) is 11.5 Å². The topological polar surface area (TPSA) is 61.1 Å². The highest BCUT2D eigenvalue weighted by Gasteiger charge is 2.15. The zero-order valence-electron chi connectivity index (χ0n) is 20.7. The Bertz CT molecular complexity index is 1470. The number of Topliss-reactive ketones (excluding diaryl/α,β-unsaturated/α-hetero) is 1. The molecule has 0 amide bonds. The molecule has 1 fully saturated rings. The van der Waals surface area contributed by atoms with Crippen molar-refractivity contribution < 1.29 is 9.90 Å². The molecule has 0 atom stereocenters. The molecule has 2 aromatic carbocycles. The zero-order chi connectivity index (χ0) is 25.1. The summed E-state index contributed by atoms with van der Waals surface area (Å²) in [4.78, 5) is 22.3. The molecule has 6 heteroatoms. The molecular formula is C30H30N4O2. The third-order valence-electron chi connectivity index (χ3n) is 6.82. The number of benzene rings is 2. The molecule has 3 heterocycles. The number of phenols is 1. The molecule has 0 aliphatic carbocycles. The van der Waals surface area contributed by atoms with E-state index >= 15 is 0 Å². The van der Waals surface area contributed by atoms with E-state index in [4.69, 9.17) is 0 Å². The number of hydrogen-bond acceptors (Lipinski definition) is 5. The van der Waals surface area contributed by atoms with E-state index in [9.17, 15) is 9.90 Å². The lowest BCUT2D eigenvalue weighted by Gasteiger charge is -2.32. The molecule has 0 unspecified atom stereocenters. The molecular weight excluding hydrogens is 448 g/mol. The van der Waals surface area contributed by atoms with E-state index in [0.29, 0.717) is 23.2 Å². The molecule has 5 rings (SSSR count). The fraction of sp³-hybridized carbons (Fsp3) is 0.267. The quantitative estimate of drug-likeness (QED) is 0.348. The number of aryl methyl sites for hydroxylation is 1. The third-order valence-corrected chi connectivity index (χ3v) is 6.82. The number of carbonyl (C=O) groups is 1. The number of aromatic hydroxyl groups is 1. The first kappa shape index (κ1) is 23.8. The van der Waals surface area contributed by atoms with Crippen LogP contribution in [-0.2, 0) is 13.0 Å². The Morgan fingerprint density at radius 2 is 1.86 bits per heavy atom. The lowest BCUT2D eigenvalue weighted by molar-refractivity contribution is 0.0993. The standard InChI is InChI=1S/C30H30N4O2/c1-22-17-23(6-7-26(22)21-33-15-13-32(2)14-16-33)18-29(36)25-9-11-28(35)24(19-25)8-10-27-20-31-30-5-3-4-12-34(27)30/h3-7,9,11-12,17,19-20,35H,13-16,18,21H2,1-2H3. The van der Waals surface area contributed by atoms with Crippen molar-refractivity contribution >= 4 is 11.4 Å². The van der Waals surface area contributed by atoms with Crippen LogP contribution >= 0.6 is 0 Å². The maximum atomic E-state index is 13.1. The van der Waals surface area contributed by atoms with Crippen LogP contribution in [0.15, 0.2) is 67.0 Å². The average Bonchev–Trinajstić information content (AvgIpc) is 3.29. The highest BCUT2D eigenvalue weighted by atomic mass is 16.3. The number of rotatable bonds is 5. The van der Waals surface area contributed by atoms with Crippen molar-refractivity contribution in [2.45, 2.75) is 19.9 Å². The Morgan fingerprint density at radius 1 is 1.03 bits per heavy atom. The Labute approximate surface area is 211 Å². The van der Waals surface area contributed by atoms with Crippen molar-refractivity contribution in [2.24, 2.45) is 0 Å². The second kappa shape index (κ2) is 10.4. The molecule has 0 saturated carbocycles. The van der Waals surface area contributed by atoms with Crippen LogP contribution in [-0.4, -0.2) is 63.3 Å². The van der Waals surface area contributed by atoms with Gasteiger partial charge >= 0.3 is 0 Å². The number of nitrogens with zero attached hydrogens (tertiary/aromatic N) is 4. The van der Waals surface area contributed by atoms with Gasteiger partial charge in [0.15, 0.2) is 5.78 Å². The summed E-state index contributed by atoms with van der Waals surface area (Å²) in [5.74, 6) is 6.12. The molecule has 0 bridgehead atoms. The van der Waals surface area contributed by atoms with E-state index in [1.165, 1.54) is 17.2 Å². The molecule has 0 radical (unpaired) electrons. The number of pyridine rings is 1. The van der Waals surface area contributed by atoms with E-state index in [1.54, 1.807) is 18.3 Å². The molecule has 1 N–H and O–H groups in total. The Kier molecular flexibility index (Phi) is 6.86. The van der Waals surface area contributed by atoms with Gasteiger partial charge in [-0.25, -0.2) is 4.98 Å². The second-order valence-electron chi connectivity index (χ2n) is 9.49. The molecule has 6 nitrogen and oxygen atoms in total. The summed E-state index contributed by atoms with van der Waals surface area (Å²) < 4.78 is 1.88. The van der Waals surface area contributed by atoms with Gasteiger partial charge in [0.05, 0.1) is 11.8 Å². The Balaban J connectivity index is 1.29. The van der Waals surface area contributed by atoms with Gasteiger partial charge in [0.1, 0.15) is 17.1 Å². The van der Waals surface area contributed by atoms with Crippen molar-refractivity contribution in [1.82, 2.24) is 19.2 Å². The predicted octanol–water partition coefficient (Wildman–Crippen LogP) is 3.92. The number of aromatic nitrogens is 2. The van der Waals surface area contributed by atoms with Gasteiger partial charge < -0.3 is 10.0 Å². The molecule has 2 aromatic heterocycles. The fourth-order valence-electron chi connectivity index (χ4n) is 4.55. The minimum atomic E-state index is -0.000861. The first-order valence-electron chi connectivity index (χ1n) is 12.3. The normalized spacial score (nSPS) is 14.5. The van der Waals surface area contributed by atoms with Crippen molar-refractivity contribution in [3.8, 4) is 17.6 Å². The smallest absolute Gasteiger partial charge is 0.167 e. The summed E-state index contributed by atoms with van der Waals surface area (Å²) in [6.07, 6.45) is 3.90. The van der Waals surface area contributed by atoms with Gasteiger partial charge in [-0.3, -0.25) is 14.1 Å². The Hall–Kier alpha value is -3.92. The number of imidazole rings is 1. The van der Waals surface area contributed by atoms with Crippen LogP contribution in [0.1, 0.15) is 38.3 Å². The number of carbonyl (C=O) groups excluding carboxylic acids is 1. The maximum absolute atomic E-state index is 13.1. The van der Waals surface area contributed by atoms with Crippen molar-refractivity contribution in [1.29, 1.82) is 0 Å². The number of fused-ring (bicyclic) bond motifs is 1.